The number of nitrogens with zero attached hydrogens (tertiary/aromatic N) is 4. The number of rotatable bonds is 11. The molecule has 4 heterocycles. The van der Waals surface area contributed by atoms with Gasteiger partial charge in [0.15, 0.2) is 0 Å². The molecule has 35 heavy (non-hydrogen) atoms. The Kier molecular flexibility index (Phi) is 18.8. The van der Waals surface area contributed by atoms with Gasteiger partial charge in [0.25, 0.3) is 0 Å². The van der Waals surface area contributed by atoms with Crippen molar-refractivity contribution in [3.63, 3.8) is 0 Å². The van der Waals surface area contributed by atoms with Gasteiger partial charge in [-0.25, -0.2) is 4.99 Å². The van der Waals surface area contributed by atoms with Gasteiger partial charge in [-0.05, 0) is 72.5 Å². The van der Waals surface area contributed by atoms with Crippen molar-refractivity contribution in [1.29, 1.82) is 0 Å². The van der Waals surface area contributed by atoms with Gasteiger partial charge in [-0.2, -0.15) is 0 Å². The molecule has 4 aliphatic rings. The van der Waals surface area contributed by atoms with Gasteiger partial charge in [-0.15, -0.1) is 0 Å². The highest BCUT2D eigenvalue weighted by Gasteiger charge is 2.59. The predicted molar refractivity (Wildman–Crippen MR) is 146 cm³/mol. The van der Waals surface area contributed by atoms with Crippen LogP contribution in [0.15, 0.2) is 4.99 Å². The third-order valence-electron chi connectivity index (χ3n) is 6.00. The van der Waals surface area contributed by atoms with Gasteiger partial charge in [-0.1, -0.05) is 0 Å². The Morgan fingerprint density at radius 1 is 0.857 bits per heavy atom. The first kappa shape index (κ1) is 32.3. The zero-order valence-electron chi connectivity index (χ0n) is 22.6. The number of nitrogens with one attached hydrogen (secondary N) is 1. The summed E-state index contributed by atoms with van der Waals surface area (Å²) in [4.78, 5) is 11.1. The summed E-state index contributed by atoms with van der Waals surface area (Å²) in [5.41, 5.74) is 22.5. The number of hydrogen-bond acceptors (Lipinski definition) is 11. The lowest BCUT2D eigenvalue weighted by molar-refractivity contribution is 0.0377. The van der Waals surface area contributed by atoms with Crippen LogP contribution in [0.25, 0.3) is 0 Å². The molecule has 3 saturated heterocycles. The smallest absolute Gasteiger partial charge is 0.221 e. The molecule has 11 nitrogen and oxygen atoms in total. The third-order valence-corrected chi connectivity index (χ3v) is 6.00. The number of morpholine rings is 1. The monoisotopic (exact) mass is 501 g/mol. The first-order chi connectivity index (χ1) is 17.0. The van der Waals surface area contributed by atoms with Gasteiger partial charge in [0.05, 0.1) is 18.9 Å². The van der Waals surface area contributed by atoms with Crippen molar-refractivity contribution in [2.75, 3.05) is 119 Å². The van der Waals surface area contributed by atoms with Crippen molar-refractivity contribution in [3.05, 3.63) is 0 Å². The van der Waals surface area contributed by atoms with Crippen LogP contribution in [0, 0.1) is 0 Å². The SMILES string of the molecule is CN(C)CCCN.NCCCC1=NC12CO2.NCCCN1CCOCC1.NCCN1CCNCC1. The lowest BCUT2D eigenvalue weighted by atomic mass is 10.2. The minimum atomic E-state index is -0.0465. The van der Waals surface area contributed by atoms with E-state index in [-0.39, 0.29) is 5.72 Å². The molecule has 4 aliphatic heterocycles. The second-order valence-corrected chi connectivity index (χ2v) is 9.45. The average molecular weight is 502 g/mol. The fourth-order valence-corrected chi connectivity index (χ4v) is 3.67. The highest BCUT2D eigenvalue weighted by molar-refractivity contribution is 6.06. The molecule has 208 valence electrons. The topological polar surface area (TPSA) is 160 Å². The Morgan fingerprint density at radius 2 is 1.46 bits per heavy atom. The van der Waals surface area contributed by atoms with Crippen LogP contribution >= 0.6 is 0 Å². The molecule has 3 fully saturated rings. The zero-order chi connectivity index (χ0) is 25.8. The highest BCUT2D eigenvalue weighted by atomic mass is 16.6. The minimum Gasteiger partial charge on any atom is -0.379 e. The van der Waals surface area contributed by atoms with Crippen molar-refractivity contribution in [2.45, 2.75) is 31.4 Å². The van der Waals surface area contributed by atoms with E-state index in [9.17, 15) is 0 Å². The molecule has 1 spiro atoms. The van der Waals surface area contributed by atoms with Gasteiger partial charge in [-0.3, -0.25) is 9.80 Å². The van der Waals surface area contributed by atoms with E-state index in [4.69, 9.17) is 32.4 Å². The van der Waals surface area contributed by atoms with Crippen molar-refractivity contribution in [1.82, 2.24) is 20.0 Å². The van der Waals surface area contributed by atoms with E-state index in [1.807, 2.05) is 0 Å². The quantitative estimate of drug-likeness (QED) is 0.207. The van der Waals surface area contributed by atoms with E-state index < -0.39 is 0 Å². The minimum absolute atomic E-state index is 0.0465. The molecule has 9 N–H and O–H groups in total. The lowest BCUT2D eigenvalue weighted by Gasteiger charge is -2.26. The van der Waals surface area contributed by atoms with Crippen LogP contribution in [0.3, 0.4) is 0 Å². The van der Waals surface area contributed by atoms with E-state index in [2.05, 4.69) is 39.1 Å². The first-order valence-corrected chi connectivity index (χ1v) is 13.4. The Hall–Kier alpha value is -0.730. The molecule has 1 unspecified atom stereocenters. The molecule has 0 aromatic heterocycles. The van der Waals surface area contributed by atoms with Gasteiger partial charge >= 0.3 is 0 Å². The number of nitrogens with two attached hydrogens (primary N) is 4. The van der Waals surface area contributed by atoms with Crippen molar-refractivity contribution in [2.24, 2.45) is 27.9 Å². The normalized spacial score (nSPS) is 23.3. The predicted octanol–water partition coefficient (Wildman–Crippen LogP) is -1.68. The van der Waals surface area contributed by atoms with Crippen LogP contribution in [0.1, 0.15) is 25.7 Å². The molecular formula is C24H55N9O2. The Bertz CT molecular complexity index is 518. The molecular weight excluding hydrogens is 446 g/mol. The molecule has 1 atom stereocenters. The molecule has 0 amide bonds. The number of piperazine rings is 1. The maximum Gasteiger partial charge on any atom is 0.221 e. The van der Waals surface area contributed by atoms with Crippen LogP contribution in [-0.4, -0.2) is 145 Å². The largest absolute Gasteiger partial charge is 0.379 e. The van der Waals surface area contributed by atoms with Crippen LogP contribution in [0.4, 0.5) is 0 Å². The van der Waals surface area contributed by atoms with Crippen molar-refractivity contribution < 1.29 is 9.47 Å². The fourth-order valence-electron chi connectivity index (χ4n) is 3.67. The van der Waals surface area contributed by atoms with Crippen LogP contribution in [0.5, 0.6) is 0 Å². The third kappa shape index (κ3) is 16.6. The summed E-state index contributed by atoms with van der Waals surface area (Å²) in [5, 5.41) is 3.29. The summed E-state index contributed by atoms with van der Waals surface area (Å²) in [6, 6.07) is 0. The molecule has 11 heteroatoms. The molecule has 0 radical (unpaired) electrons. The van der Waals surface area contributed by atoms with Gasteiger partial charge < -0.3 is 42.6 Å². The summed E-state index contributed by atoms with van der Waals surface area (Å²) >= 11 is 0. The average Bonchev–Trinajstić information content (AvgIpc) is 3.81. The Balaban J connectivity index is 0.000000235. The Labute approximate surface area is 213 Å². The van der Waals surface area contributed by atoms with Gasteiger partial charge in [0.2, 0.25) is 5.72 Å². The summed E-state index contributed by atoms with van der Waals surface area (Å²) in [6.45, 7) is 15.8. The summed E-state index contributed by atoms with van der Waals surface area (Å²) in [5.74, 6) is 0. The van der Waals surface area contributed by atoms with Gasteiger partial charge in [0.1, 0.15) is 6.61 Å². The maximum absolute atomic E-state index is 5.40. The summed E-state index contributed by atoms with van der Waals surface area (Å²) in [6.07, 6.45) is 4.30. The number of ether oxygens (including phenoxy) is 2. The highest BCUT2D eigenvalue weighted by Crippen LogP contribution is 2.43. The summed E-state index contributed by atoms with van der Waals surface area (Å²) in [7, 11) is 4.10. The van der Waals surface area contributed by atoms with E-state index >= 15 is 0 Å². The van der Waals surface area contributed by atoms with Crippen LogP contribution in [0.2, 0.25) is 0 Å². The molecule has 4 rings (SSSR count). The molecule has 0 aromatic carbocycles. The molecule has 0 saturated carbocycles. The summed E-state index contributed by atoms with van der Waals surface area (Å²) < 4.78 is 10.3. The van der Waals surface area contributed by atoms with Crippen molar-refractivity contribution in [3.8, 4) is 0 Å². The van der Waals surface area contributed by atoms with E-state index in [1.165, 1.54) is 5.71 Å². The second-order valence-electron chi connectivity index (χ2n) is 9.45. The van der Waals surface area contributed by atoms with E-state index in [0.29, 0.717) is 0 Å². The second kappa shape index (κ2) is 20.3. The standard InChI is InChI=1S/C7H16N2O.C6H15N3.C6H10N2O.C5H14N2/c8-2-1-3-9-4-6-10-7-5-9;7-1-4-9-5-2-8-3-6-9;7-3-1-2-5-6(8-5)4-9-6;1-7(2)5-3-4-6/h1-8H2;8H,1-7H2;1-4,7H2;3-6H2,1-2H3. The number of hydrogen-bond donors (Lipinski definition) is 5. The number of epoxide rings is 1. The van der Waals surface area contributed by atoms with Gasteiger partial charge in [0, 0.05) is 52.4 Å². The fraction of sp³-hybridized carbons (Fsp3) is 0.958. The molecule has 0 bridgehead atoms. The maximum atomic E-state index is 5.40. The Morgan fingerprint density at radius 3 is 1.91 bits per heavy atom. The zero-order valence-corrected chi connectivity index (χ0v) is 22.6. The van der Waals surface area contributed by atoms with E-state index in [0.717, 1.165) is 131 Å². The molecule has 0 aliphatic carbocycles. The lowest BCUT2D eigenvalue weighted by Crippen LogP contribution is -2.45. The van der Waals surface area contributed by atoms with E-state index in [1.54, 1.807) is 0 Å². The first-order valence-electron chi connectivity index (χ1n) is 13.4. The van der Waals surface area contributed by atoms with Crippen LogP contribution < -0.4 is 28.3 Å². The van der Waals surface area contributed by atoms with Crippen LogP contribution in [-0.2, 0) is 9.47 Å². The van der Waals surface area contributed by atoms with Crippen molar-refractivity contribution >= 4 is 5.71 Å². The molecule has 0 aromatic rings. The number of aliphatic imine (C=N–C) groups is 1.